The smallest absolute Gasteiger partial charge is 0.138 e. The number of H-pyrrole nitrogens is 1. The zero-order valence-corrected chi connectivity index (χ0v) is 9.95. The first-order chi connectivity index (χ1) is 7.66. The van der Waals surface area contributed by atoms with Crippen molar-refractivity contribution >= 4 is 11.6 Å². The second-order valence-corrected chi connectivity index (χ2v) is 4.21. The Morgan fingerprint density at radius 2 is 2.12 bits per heavy atom. The van der Waals surface area contributed by atoms with Crippen molar-refractivity contribution < 1.29 is 4.74 Å². The summed E-state index contributed by atoms with van der Waals surface area (Å²) in [6.07, 6.45) is 3.71. The Balaban J connectivity index is 2.36. The molecule has 0 saturated heterocycles. The molecule has 0 saturated carbocycles. The summed E-state index contributed by atoms with van der Waals surface area (Å²) in [6.45, 7) is 3.95. The van der Waals surface area contributed by atoms with Gasteiger partial charge in [-0.3, -0.25) is 5.10 Å². The highest BCUT2D eigenvalue weighted by atomic mass is 35.5. The molecule has 0 radical (unpaired) electrons. The third kappa shape index (κ3) is 2.36. The van der Waals surface area contributed by atoms with Crippen molar-refractivity contribution in [2.24, 2.45) is 0 Å². The summed E-state index contributed by atoms with van der Waals surface area (Å²) in [7, 11) is 0. The fourth-order valence-electron chi connectivity index (χ4n) is 1.44. The molecule has 16 heavy (non-hydrogen) atoms. The summed E-state index contributed by atoms with van der Waals surface area (Å²) in [5.41, 5.74) is 2.05. The number of hydrogen-bond donors (Lipinski definition) is 1. The molecule has 1 N–H and O–H groups in total. The zero-order valence-electron chi connectivity index (χ0n) is 9.20. The van der Waals surface area contributed by atoms with Gasteiger partial charge < -0.3 is 4.74 Å². The molecule has 0 spiro atoms. The van der Waals surface area contributed by atoms with Crippen molar-refractivity contribution in [2.75, 3.05) is 0 Å². The van der Waals surface area contributed by atoms with Crippen molar-refractivity contribution in [3.63, 3.8) is 0 Å². The van der Waals surface area contributed by atoms with E-state index in [1.54, 1.807) is 6.20 Å². The van der Waals surface area contributed by atoms with Crippen LogP contribution in [0.4, 0.5) is 0 Å². The lowest BCUT2D eigenvalue weighted by atomic mass is 10.1. The van der Waals surface area contributed by atoms with Gasteiger partial charge in [-0.15, -0.1) is 0 Å². The van der Waals surface area contributed by atoms with Crippen LogP contribution in [0.25, 0.3) is 11.1 Å². The van der Waals surface area contributed by atoms with Gasteiger partial charge in [0.25, 0.3) is 0 Å². The summed E-state index contributed by atoms with van der Waals surface area (Å²) in [4.78, 5) is 0. The molecular weight excluding hydrogens is 224 g/mol. The maximum absolute atomic E-state index is 6.05. The average molecular weight is 237 g/mol. The monoisotopic (exact) mass is 236 g/mol. The minimum Gasteiger partial charge on any atom is -0.489 e. The Morgan fingerprint density at radius 1 is 1.31 bits per heavy atom. The summed E-state index contributed by atoms with van der Waals surface area (Å²) in [6, 6.07) is 5.70. The zero-order chi connectivity index (χ0) is 11.5. The maximum Gasteiger partial charge on any atom is 0.138 e. The molecule has 84 valence electrons. The Kier molecular flexibility index (Phi) is 3.15. The number of benzene rings is 1. The van der Waals surface area contributed by atoms with E-state index in [1.807, 2.05) is 38.2 Å². The number of ether oxygens (including phenoxy) is 1. The number of aromatic amines is 1. The highest BCUT2D eigenvalue weighted by molar-refractivity contribution is 6.32. The van der Waals surface area contributed by atoms with E-state index < -0.39 is 0 Å². The quantitative estimate of drug-likeness (QED) is 0.886. The van der Waals surface area contributed by atoms with Gasteiger partial charge in [0.15, 0.2) is 0 Å². The average Bonchev–Trinajstić information content (AvgIpc) is 2.73. The third-order valence-corrected chi connectivity index (χ3v) is 2.44. The van der Waals surface area contributed by atoms with Crippen molar-refractivity contribution in [1.29, 1.82) is 0 Å². The second-order valence-electron chi connectivity index (χ2n) is 3.80. The number of aromatic nitrogens is 2. The van der Waals surface area contributed by atoms with E-state index >= 15 is 0 Å². The number of rotatable bonds is 3. The van der Waals surface area contributed by atoms with E-state index in [4.69, 9.17) is 16.3 Å². The van der Waals surface area contributed by atoms with Crippen LogP contribution in [-0.2, 0) is 0 Å². The Labute approximate surface area is 99.4 Å². The SMILES string of the molecule is CC(C)Oc1cc(-c2cn[nH]c2)ccc1Cl. The van der Waals surface area contributed by atoms with Gasteiger partial charge in [-0.05, 0) is 31.5 Å². The lowest BCUT2D eigenvalue weighted by molar-refractivity contribution is 0.242. The molecule has 0 amide bonds. The molecule has 0 atom stereocenters. The summed E-state index contributed by atoms with van der Waals surface area (Å²) < 4.78 is 5.62. The van der Waals surface area contributed by atoms with Crippen LogP contribution >= 0.6 is 11.6 Å². The van der Waals surface area contributed by atoms with E-state index in [0.29, 0.717) is 10.8 Å². The van der Waals surface area contributed by atoms with Gasteiger partial charge in [-0.2, -0.15) is 5.10 Å². The fraction of sp³-hybridized carbons (Fsp3) is 0.250. The van der Waals surface area contributed by atoms with E-state index in [0.717, 1.165) is 11.1 Å². The number of nitrogens with one attached hydrogen (secondary N) is 1. The van der Waals surface area contributed by atoms with Crippen LogP contribution in [0.5, 0.6) is 5.75 Å². The van der Waals surface area contributed by atoms with E-state index in [1.165, 1.54) is 0 Å². The highest BCUT2D eigenvalue weighted by Crippen LogP contribution is 2.30. The Morgan fingerprint density at radius 3 is 2.75 bits per heavy atom. The molecule has 1 aromatic heterocycles. The molecule has 0 aliphatic carbocycles. The molecule has 1 aromatic carbocycles. The van der Waals surface area contributed by atoms with Crippen molar-refractivity contribution in [2.45, 2.75) is 20.0 Å². The van der Waals surface area contributed by atoms with Crippen LogP contribution in [-0.4, -0.2) is 16.3 Å². The van der Waals surface area contributed by atoms with Gasteiger partial charge in [0.05, 0.1) is 17.3 Å². The third-order valence-electron chi connectivity index (χ3n) is 2.13. The van der Waals surface area contributed by atoms with Gasteiger partial charge >= 0.3 is 0 Å². The lowest BCUT2D eigenvalue weighted by Crippen LogP contribution is -2.05. The van der Waals surface area contributed by atoms with E-state index in [9.17, 15) is 0 Å². The number of hydrogen-bond acceptors (Lipinski definition) is 2. The normalized spacial score (nSPS) is 10.8. The van der Waals surface area contributed by atoms with Crippen LogP contribution in [0.3, 0.4) is 0 Å². The summed E-state index contributed by atoms with van der Waals surface area (Å²) in [5.74, 6) is 0.704. The van der Waals surface area contributed by atoms with Gasteiger partial charge in [0.2, 0.25) is 0 Å². The van der Waals surface area contributed by atoms with Crippen molar-refractivity contribution in [1.82, 2.24) is 10.2 Å². The van der Waals surface area contributed by atoms with E-state index in [-0.39, 0.29) is 6.10 Å². The Hall–Kier alpha value is -1.48. The molecule has 0 fully saturated rings. The van der Waals surface area contributed by atoms with Gasteiger partial charge in [-0.25, -0.2) is 0 Å². The van der Waals surface area contributed by atoms with Gasteiger partial charge in [-0.1, -0.05) is 17.7 Å². The second kappa shape index (κ2) is 4.58. The molecule has 2 rings (SSSR count). The molecule has 1 heterocycles. The van der Waals surface area contributed by atoms with E-state index in [2.05, 4.69) is 10.2 Å². The fourth-order valence-corrected chi connectivity index (χ4v) is 1.60. The molecule has 3 nitrogen and oxygen atoms in total. The summed E-state index contributed by atoms with van der Waals surface area (Å²) >= 11 is 6.05. The van der Waals surface area contributed by atoms with Crippen LogP contribution in [0, 0.1) is 0 Å². The first kappa shape index (κ1) is 11.0. The van der Waals surface area contributed by atoms with Gasteiger partial charge in [0.1, 0.15) is 5.75 Å². The van der Waals surface area contributed by atoms with Gasteiger partial charge in [0, 0.05) is 11.8 Å². The molecule has 0 aliphatic heterocycles. The van der Waals surface area contributed by atoms with Crippen molar-refractivity contribution in [3.8, 4) is 16.9 Å². The lowest BCUT2D eigenvalue weighted by Gasteiger charge is -2.12. The molecule has 0 bridgehead atoms. The predicted molar refractivity (Wildman–Crippen MR) is 64.8 cm³/mol. The maximum atomic E-state index is 6.05. The van der Waals surface area contributed by atoms with Crippen LogP contribution in [0.2, 0.25) is 5.02 Å². The molecule has 2 aromatic rings. The number of halogens is 1. The largest absolute Gasteiger partial charge is 0.489 e. The molecule has 0 aliphatic rings. The molecule has 4 heteroatoms. The Bertz CT molecular complexity index is 466. The van der Waals surface area contributed by atoms with Crippen molar-refractivity contribution in [3.05, 3.63) is 35.6 Å². The first-order valence-electron chi connectivity index (χ1n) is 5.12. The van der Waals surface area contributed by atoms with Crippen LogP contribution in [0.15, 0.2) is 30.6 Å². The minimum atomic E-state index is 0.108. The summed E-state index contributed by atoms with van der Waals surface area (Å²) in [5, 5.41) is 7.32. The molecular formula is C12H13ClN2O. The highest BCUT2D eigenvalue weighted by Gasteiger charge is 2.07. The first-order valence-corrected chi connectivity index (χ1v) is 5.50. The standard InChI is InChI=1S/C12H13ClN2O/c1-8(2)16-12-5-9(3-4-11(12)13)10-6-14-15-7-10/h3-8H,1-2H3,(H,14,15). The predicted octanol–water partition coefficient (Wildman–Crippen LogP) is 3.52. The van der Waals surface area contributed by atoms with Crippen LogP contribution < -0.4 is 4.74 Å². The number of nitrogens with zero attached hydrogens (tertiary/aromatic N) is 1. The molecule has 0 unspecified atom stereocenters. The minimum absolute atomic E-state index is 0.108. The van der Waals surface area contributed by atoms with Crippen LogP contribution in [0.1, 0.15) is 13.8 Å². The topological polar surface area (TPSA) is 37.9 Å².